The molecule has 0 spiro atoms. The minimum Gasteiger partial charge on any atom is -0.489 e. The van der Waals surface area contributed by atoms with Gasteiger partial charge in [-0.2, -0.15) is 26.3 Å². The van der Waals surface area contributed by atoms with Crippen molar-refractivity contribution >= 4 is 11.9 Å². The van der Waals surface area contributed by atoms with E-state index in [1.807, 2.05) is 24.5 Å². The van der Waals surface area contributed by atoms with E-state index in [-0.39, 0.29) is 11.9 Å². The van der Waals surface area contributed by atoms with E-state index in [9.17, 15) is 30.7 Å². The molecular formula is C23H24F7N3O5. The number of piperazine rings is 1. The predicted octanol–water partition coefficient (Wildman–Crippen LogP) is 3.82. The molecule has 1 aromatic carbocycles. The van der Waals surface area contributed by atoms with Crippen molar-refractivity contribution in [3.8, 4) is 5.75 Å². The van der Waals surface area contributed by atoms with Crippen LogP contribution in [0.15, 0.2) is 48.8 Å². The maximum absolute atomic E-state index is 13.3. The average molecular weight is 555 g/mol. The van der Waals surface area contributed by atoms with E-state index in [1.165, 1.54) is 17.7 Å². The Hall–Kier alpha value is -3.46. The van der Waals surface area contributed by atoms with Crippen LogP contribution in [0, 0.1) is 5.82 Å². The van der Waals surface area contributed by atoms with Gasteiger partial charge >= 0.3 is 24.3 Å². The summed E-state index contributed by atoms with van der Waals surface area (Å²) < 4.78 is 82.8. The van der Waals surface area contributed by atoms with Crippen LogP contribution < -0.4 is 4.74 Å². The maximum Gasteiger partial charge on any atom is 0.490 e. The van der Waals surface area contributed by atoms with Crippen LogP contribution in [0.2, 0.25) is 0 Å². The summed E-state index contributed by atoms with van der Waals surface area (Å²) in [6, 6.07) is 11.1. The van der Waals surface area contributed by atoms with E-state index in [2.05, 4.69) is 20.9 Å². The van der Waals surface area contributed by atoms with E-state index in [0.717, 1.165) is 39.1 Å². The zero-order valence-electron chi connectivity index (χ0n) is 19.6. The molecule has 2 fully saturated rings. The van der Waals surface area contributed by atoms with E-state index >= 15 is 0 Å². The van der Waals surface area contributed by atoms with Gasteiger partial charge in [0.1, 0.15) is 17.7 Å². The molecule has 0 amide bonds. The van der Waals surface area contributed by atoms with Gasteiger partial charge in [0, 0.05) is 63.6 Å². The molecule has 4 rings (SSSR count). The van der Waals surface area contributed by atoms with Crippen LogP contribution in [0.25, 0.3) is 0 Å². The molecule has 2 aliphatic rings. The number of carboxylic acids is 2. The van der Waals surface area contributed by atoms with Crippen molar-refractivity contribution in [3.05, 3.63) is 60.2 Å². The molecule has 0 aliphatic carbocycles. The van der Waals surface area contributed by atoms with Gasteiger partial charge < -0.3 is 14.9 Å². The number of halogens is 7. The van der Waals surface area contributed by atoms with E-state index in [0.29, 0.717) is 11.8 Å². The first-order valence-corrected chi connectivity index (χ1v) is 11.0. The summed E-state index contributed by atoms with van der Waals surface area (Å²) in [5.41, 5.74) is 1.26. The van der Waals surface area contributed by atoms with Gasteiger partial charge in [-0.05, 0) is 23.8 Å². The van der Waals surface area contributed by atoms with Crippen molar-refractivity contribution < 1.29 is 55.3 Å². The second-order valence-electron chi connectivity index (χ2n) is 8.28. The number of fused-ring (bicyclic) bond motifs is 1. The number of hydrogen-bond donors (Lipinski definition) is 2. The van der Waals surface area contributed by atoms with Crippen LogP contribution in [0.1, 0.15) is 12.0 Å². The van der Waals surface area contributed by atoms with Gasteiger partial charge in [-0.25, -0.2) is 14.0 Å². The Morgan fingerprint density at radius 2 is 1.61 bits per heavy atom. The second kappa shape index (κ2) is 13.4. The summed E-state index contributed by atoms with van der Waals surface area (Å²) in [5.74, 6) is -5.13. The number of nitrogens with zero attached hydrogens (tertiary/aromatic N) is 3. The number of aliphatic carboxylic acids is 2. The number of carbonyl (C=O) groups is 2. The Morgan fingerprint density at radius 1 is 0.974 bits per heavy atom. The number of aromatic nitrogens is 1. The summed E-state index contributed by atoms with van der Waals surface area (Å²) in [5, 5.41) is 14.2. The van der Waals surface area contributed by atoms with Crippen molar-refractivity contribution in [3.63, 3.8) is 0 Å². The molecule has 0 radical (unpaired) electrons. The number of benzene rings is 1. The normalized spacial score (nSPS) is 19.8. The quantitative estimate of drug-likeness (QED) is 0.549. The molecule has 38 heavy (non-hydrogen) atoms. The van der Waals surface area contributed by atoms with Crippen LogP contribution in [-0.4, -0.2) is 87.6 Å². The van der Waals surface area contributed by atoms with E-state index in [1.54, 1.807) is 6.07 Å². The molecule has 2 aromatic rings. The first-order valence-electron chi connectivity index (χ1n) is 11.0. The molecule has 15 heteroatoms. The van der Waals surface area contributed by atoms with Gasteiger partial charge in [0.15, 0.2) is 0 Å². The van der Waals surface area contributed by atoms with E-state index < -0.39 is 24.3 Å². The van der Waals surface area contributed by atoms with Crippen LogP contribution in [0.3, 0.4) is 0 Å². The highest BCUT2D eigenvalue weighted by atomic mass is 19.4. The van der Waals surface area contributed by atoms with Crippen molar-refractivity contribution in [2.75, 3.05) is 26.2 Å². The molecule has 8 nitrogen and oxygen atoms in total. The SMILES string of the molecule is Fc1cccc(OC2CC3CN(Cc4cccnc4)CCN3C2)c1.O=C(O)C(F)(F)F.O=C(O)C(F)(F)F. The summed E-state index contributed by atoms with van der Waals surface area (Å²) in [4.78, 5) is 27.0. The highest BCUT2D eigenvalue weighted by Gasteiger charge is 2.39. The standard InChI is InChI=1S/C19H22FN3O.2C2HF3O2/c20-16-4-1-5-18(9-16)24-19-10-17-13-22(7-8-23(17)14-19)12-15-3-2-6-21-11-15;2*3-2(4,5)1(6)7/h1-6,9,11,17,19H,7-8,10,12-14H2;2*(H,6,7). The Kier molecular flexibility index (Phi) is 10.8. The fraction of sp³-hybridized carbons (Fsp3) is 0.435. The third-order valence-electron chi connectivity index (χ3n) is 5.37. The molecule has 3 heterocycles. The van der Waals surface area contributed by atoms with Gasteiger partial charge in [-0.1, -0.05) is 12.1 Å². The van der Waals surface area contributed by atoms with Gasteiger partial charge in [0.25, 0.3) is 0 Å². The lowest BCUT2D eigenvalue weighted by Gasteiger charge is -2.37. The number of pyridine rings is 1. The second-order valence-corrected chi connectivity index (χ2v) is 8.28. The lowest BCUT2D eigenvalue weighted by Crippen LogP contribution is -2.49. The molecule has 2 unspecified atom stereocenters. The number of alkyl halides is 6. The summed E-state index contributed by atoms with van der Waals surface area (Å²) in [6.45, 7) is 5.07. The number of hydrogen-bond acceptors (Lipinski definition) is 6. The number of carboxylic acid groups (broad SMARTS) is 2. The summed E-state index contributed by atoms with van der Waals surface area (Å²) in [7, 11) is 0. The van der Waals surface area contributed by atoms with E-state index in [4.69, 9.17) is 24.5 Å². The smallest absolute Gasteiger partial charge is 0.489 e. The molecule has 1 aromatic heterocycles. The first-order chi connectivity index (χ1) is 17.6. The third kappa shape index (κ3) is 10.5. The van der Waals surface area contributed by atoms with Crippen molar-refractivity contribution in [1.29, 1.82) is 0 Å². The van der Waals surface area contributed by atoms with Gasteiger partial charge in [-0.15, -0.1) is 0 Å². The maximum atomic E-state index is 13.3. The molecule has 0 bridgehead atoms. The molecule has 2 atom stereocenters. The topological polar surface area (TPSA) is 103 Å². The average Bonchev–Trinajstić information content (AvgIpc) is 3.21. The van der Waals surface area contributed by atoms with Crippen molar-refractivity contribution in [2.24, 2.45) is 0 Å². The lowest BCUT2D eigenvalue weighted by atomic mass is 10.1. The Labute approximate surface area is 212 Å². The summed E-state index contributed by atoms with van der Waals surface area (Å²) >= 11 is 0. The molecular weight excluding hydrogens is 531 g/mol. The summed E-state index contributed by atoms with van der Waals surface area (Å²) in [6.07, 6.45) is -5.26. The molecule has 2 N–H and O–H groups in total. The minimum atomic E-state index is -5.08. The molecule has 0 saturated carbocycles. The predicted molar refractivity (Wildman–Crippen MR) is 118 cm³/mol. The Balaban J connectivity index is 0.000000301. The van der Waals surface area contributed by atoms with Crippen molar-refractivity contribution in [2.45, 2.75) is 37.5 Å². The fourth-order valence-corrected chi connectivity index (χ4v) is 3.77. The van der Waals surface area contributed by atoms with Gasteiger partial charge in [-0.3, -0.25) is 14.8 Å². The fourth-order valence-electron chi connectivity index (χ4n) is 3.77. The Bertz CT molecular complexity index is 1030. The van der Waals surface area contributed by atoms with Crippen molar-refractivity contribution in [1.82, 2.24) is 14.8 Å². The van der Waals surface area contributed by atoms with Crippen LogP contribution in [-0.2, 0) is 16.1 Å². The van der Waals surface area contributed by atoms with Crippen LogP contribution in [0.5, 0.6) is 5.75 Å². The molecule has 2 aliphatic heterocycles. The molecule has 2 saturated heterocycles. The Morgan fingerprint density at radius 3 is 2.13 bits per heavy atom. The zero-order chi connectivity index (χ0) is 28.5. The number of rotatable bonds is 4. The van der Waals surface area contributed by atoms with Crippen LogP contribution in [0.4, 0.5) is 30.7 Å². The molecule has 210 valence electrons. The lowest BCUT2D eigenvalue weighted by molar-refractivity contribution is -0.193. The highest BCUT2D eigenvalue weighted by Crippen LogP contribution is 2.26. The first kappa shape index (κ1) is 30.8. The van der Waals surface area contributed by atoms with Gasteiger partial charge in [0.2, 0.25) is 0 Å². The number of ether oxygens (including phenoxy) is 1. The van der Waals surface area contributed by atoms with Gasteiger partial charge in [0.05, 0.1) is 0 Å². The zero-order valence-corrected chi connectivity index (χ0v) is 19.6. The third-order valence-corrected chi connectivity index (χ3v) is 5.37. The highest BCUT2D eigenvalue weighted by molar-refractivity contribution is 5.73. The monoisotopic (exact) mass is 555 g/mol. The minimum absolute atomic E-state index is 0.148. The largest absolute Gasteiger partial charge is 0.490 e. The van der Waals surface area contributed by atoms with Crippen LogP contribution >= 0.6 is 0 Å².